The van der Waals surface area contributed by atoms with Crippen LogP contribution in [0.5, 0.6) is 0 Å². The van der Waals surface area contributed by atoms with E-state index >= 15 is 0 Å². The highest BCUT2D eigenvalue weighted by molar-refractivity contribution is 5.76. The predicted octanol–water partition coefficient (Wildman–Crippen LogP) is 12.4. The van der Waals surface area contributed by atoms with E-state index in [0.717, 1.165) is 44.9 Å². The maximum Gasteiger partial charge on any atom is 0.220 e. The van der Waals surface area contributed by atoms with Crippen molar-refractivity contribution in [3.8, 4) is 0 Å². The molecule has 0 radical (unpaired) electrons. The number of carbonyl (C=O) groups excluding carboxylic acids is 1. The lowest BCUT2D eigenvalue weighted by Gasteiger charge is -2.48. The minimum Gasteiger partial charge on any atom is -0.394 e. The summed E-state index contributed by atoms with van der Waals surface area (Å²) in [7, 11) is 0. The Bertz CT molecular complexity index is 1770. The zero-order chi connectivity index (χ0) is 68.9. The molecular formula is C76H145NO18. The van der Waals surface area contributed by atoms with Crippen LogP contribution in [0.25, 0.3) is 0 Å². The van der Waals surface area contributed by atoms with E-state index in [-0.39, 0.29) is 18.9 Å². The average molecular weight is 1360 g/mol. The fourth-order valence-corrected chi connectivity index (χ4v) is 13.7. The molecule has 3 rings (SSSR count). The molecule has 562 valence electrons. The van der Waals surface area contributed by atoms with Crippen molar-refractivity contribution in [3.05, 3.63) is 12.2 Å². The molecule has 12 N–H and O–H groups in total. The third kappa shape index (κ3) is 39.0. The zero-order valence-corrected chi connectivity index (χ0v) is 59.9. The second-order valence-corrected chi connectivity index (χ2v) is 28.5. The van der Waals surface area contributed by atoms with E-state index in [9.17, 15) is 61.0 Å². The van der Waals surface area contributed by atoms with E-state index in [1.54, 1.807) is 6.08 Å². The Morgan fingerprint density at radius 1 is 0.368 bits per heavy atom. The van der Waals surface area contributed by atoms with Crippen molar-refractivity contribution >= 4 is 5.91 Å². The average Bonchev–Trinajstić information content (AvgIpc) is 0.787. The number of rotatable bonds is 63. The third-order valence-corrected chi connectivity index (χ3v) is 20.1. The first-order chi connectivity index (χ1) is 46.3. The van der Waals surface area contributed by atoms with Crippen LogP contribution in [-0.2, 0) is 33.2 Å². The van der Waals surface area contributed by atoms with Crippen LogP contribution in [0.15, 0.2) is 12.2 Å². The normalized spacial score (nSPS) is 27.2. The summed E-state index contributed by atoms with van der Waals surface area (Å²) in [5.74, 6) is -0.269. The summed E-state index contributed by atoms with van der Waals surface area (Å²) in [6, 6.07) is -0.968. The molecule has 0 aromatic rings. The standard InChI is InChI=1S/C76H145NO18/c1-3-5-7-9-11-13-15-17-18-19-20-21-22-23-24-25-26-27-28-29-30-31-32-33-34-35-36-37-38-39-40-42-44-46-48-50-52-54-64(82)77-59(60(81)53-51-49-47-45-43-41-16-14-12-10-8-6-4-2)58-90-74-70(88)67(85)72(62(56-79)92-74)95-76-71(89)68(86)73(63(57-80)93-76)94-75-69(87)66(84)65(83)61(55-78)91-75/h51,53,59-63,65-76,78-81,83-89H,3-50,52,54-58H2,1-2H3,(H,77,82)/b53-51+. The lowest BCUT2D eigenvalue weighted by atomic mass is 9.96. The Kier molecular flexibility index (Phi) is 53.6. The van der Waals surface area contributed by atoms with Gasteiger partial charge in [-0.25, -0.2) is 0 Å². The second-order valence-electron chi connectivity index (χ2n) is 28.5. The summed E-state index contributed by atoms with van der Waals surface area (Å²) in [5.41, 5.74) is 0. The molecule has 3 heterocycles. The molecule has 0 aromatic heterocycles. The Labute approximate surface area is 576 Å². The molecule has 0 saturated carbocycles. The van der Waals surface area contributed by atoms with Gasteiger partial charge in [0.05, 0.1) is 38.6 Å². The second kappa shape index (κ2) is 58.1. The highest BCUT2D eigenvalue weighted by Crippen LogP contribution is 2.33. The largest absolute Gasteiger partial charge is 0.394 e. The van der Waals surface area contributed by atoms with Gasteiger partial charge in [-0.1, -0.05) is 321 Å². The molecule has 19 heteroatoms. The number of allylic oxidation sites excluding steroid dienone is 1. The van der Waals surface area contributed by atoms with Crippen molar-refractivity contribution in [3.63, 3.8) is 0 Å². The number of unbranched alkanes of at least 4 members (excludes halogenated alkanes) is 47. The van der Waals surface area contributed by atoms with Crippen molar-refractivity contribution in [1.29, 1.82) is 0 Å². The first kappa shape index (κ1) is 87.7. The summed E-state index contributed by atoms with van der Waals surface area (Å²) in [6.07, 6.45) is 41.0. The Balaban J connectivity index is 1.29. The van der Waals surface area contributed by atoms with Crippen molar-refractivity contribution in [2.24, 2.45) is 0 Å². The van der Waals surface area contributed by atoms with E-state index in [1.807, 2.05) is 6.08 Å². The van der Waals surface area contributed by atoms with Crippen LogP contribution in [0.1, 0.15) is 335 Å². The molecule has 0 bridgehead atoms. The molecule has 1 amide bonds. The van der Waals surface area contributed by atoms with Crippen molar-refractivity contribution in [2.75, 3.05) is 26.4 Å². The molecule has 3 aliphatic heterocycles. The lowest BCUT2D eigenvalue weighted by molar-refractivity contribution is -0.379. The van der Waals surface area contributed by atoms with E-state index < -0.39 is 124 Å². The molecule has 17 unspecified atom stereocenters. The van der Waals surface area contributed by atoms with Gasteiger partial charge in [-0.3, -0.25) is 4.79 Å². The molecule has 95 heavy (non-hydrogen) atoms. The van der Waals surface area contributed by atoms with Gasteiger partial charge < -0.3 is 89.9 Å². The van der Waals surface area contributed by atoms with Gasteiger partial charge in [0.1, 0.15) is 73.2 Å². The van der Waals surface area contributed by atoms with Gasteiger partial charge >= 0.3 is 0 Å². The molecule has 0 aliphatic carbocycles. The molecule has 17 atom stereocenters. The zero-order valence-electron chi connectivity index (χ0n) is 59.9. The number of aliphatic hydroxyl groups excluding tert-OH is 11. The van der Waals surface area contributed by atoms with Gasteiger partial charge in [-0.05, 0) is 19.3 Å². The maximum absolute atomic E-state index is 13.4. The summed E-state index contributed by atoms with van der Waals surface area (Å²) in [4.78, 5) is 13.4. The lowest BCUT2D eigenvalue weighted by Crippen LogP contribution is -2.66. The summed E-state index contributed by atoms with van der Waals surface area (Å²) < 4.78 is 34.4. The minimum atomic E-state index is -1.98. The molecule has 19 nitrogen and oxygen atoms in total. The van der Waals surface area contributed by atoms with Gasteiger partial charge in [0.25, 0.3) is 0 Å². The monoisotopic (exact) mass is 1360 g/mol. The number of carbonyl (C=O) groups is 1. The van der Waals surface area contributed by atoms with Crippen LogP contribution in [0.2, 0.25) is 0 Å². The van der Waals surface area contributed by atoms with E-state index in [0.29, 0.717) is 6.42 Å². The molecule has 3 saturated heterocycles. The Morgan fingerprint density at radius 3 is 0.989 bits per heavy atom. The van der Waals surface area contributed by atoms with Gasteiger partial charge in [0.2, 0.25) is 5.91 Å². The van der Waals surface area contributed by atoms with Gasteiger partial charge in [-0.15, -0.1) is 0 Å². The topological polar surface area (TPSA) is 307 Å². The van der Waals surface area contributed by atoms with Crippen molar-refractivity contribution in [1.82, 2.24) is 5.32 Å². The first-order valence-electron chi connectivity index (χ1n) is 39.4. The third-order valence-electron chi connectivity index (χ3n) is 20.1. The van der Waals surface area contributed by atoms with Crippen LogP contribution in [0, 0.1) is 0 Å². The van der Waals surface area contributed by atoms with Crippen LogP contribution in [0.3, 0.4) is 0 Å². The summed E-state index contributed by atoms with van der Waals surface area (Å²) >= 11 is 0. The van der Waals surface area contributed by atoms with Gasteiger partial charge in [-0.2, -0.15) is 0 Å². The smallest absolute Gasteiger partial charge is 0.220 e. The Hall–Kier alpha value is -1.47. The van der Waals surface area contributed by atoms with Crippen LogP contribution in [0.4, 0.5) is 0 Å². The van der Waals surface area contributed by atoms with Crippen molar-refractivity contribution < 1.29 is 89.4 Å². The molecule has 0 spiro atoms. The van der Waals surface area contributed by atoms with Crippen LogP contribution in [-0.4, -0.2) is 193 Å². The quantitative estimate of drug-likeness (QED) is 0.0199. The summed E-state index contributed by atoms with van der Waals surface area (Å²) in [5, 5.41) is 121. The first-order valence-corrected chi connectivity index (χ1v) is 39.4. The molecule has 3 fully saturated rings. The SMILES string of the molecule is CCCCCCCCCCCCC/C=C/C(O)C(COC1OC(CO)C(OC2OC(CO)C(OC3OC(CO)C(O)C(O)C3O)C(O)C2O)C(O)C1O)NC(=O)CCCCCCCCCCCCCCCCCCCCCCCCCCCCCCCCCCCCCCC. The number of hydrogen-bond acceptors (Lipinski definition) is 18. The minimum absolute atomic E-state index is 0.250. The highest BCUT2D eigenvalue weighted by atomic mass is 16.8. The van der Waals surface area contributed by atoms with E-state index in [2.05, 4.69) is 19.2 Å². The Morgan fingerprint density at radius 2 is 0.653 bits per heavy atom. The maximum atomic E-state index is 13.4. The fourth-order valence-electron chi connectivity index (χ4n) is 13.7. The number of aliphatic hydroxyl groups is 11. The van der Waals surface area contributed by atoms with Crippen LogP contribution >= 0.6 is 0 Å². The number of amides is 1. The van der Waals surface area contributed by atoms with Crippen LogP contribution < -0.4 is 5.32 Å². The van der Waals surface area contributed by atoms with E-state index in [4.69, 9.17) is 28.4 Å². The fraction of sp³-hybridized carbons (Fsp3) is 0.961. The molecule has 3 aliphatic rings. The number of ether oxygens (including phenoxy) is 6. The van der Waals surface area contributed by atoms with Gasteiger partial charge in [0, 0.05) is 6.42 Å². The number of hydrogen-bond donors (Lipinski definition) is 12. The number of nitrogens with one attached hydrogen (secondary N) is 1. The van der Waals surface area contributed by atoms with Crippen molar-refractivity contribution in [2.45, 2.75) is 439 Å². The molecule has 0 aromatic carbocycles. The van der Waals surface area contributed by atoms with E-state index in [1.165, 1.54) is 263 Å². The van der Waals surface area contributed by atoms with Gasteiger partial charge in [0.15, 0.2) is 18.9 Å². The highest BCUT2D eigenvalue weighted by Gasteiger charge is 2.53. The summed E-state index contributed by atoms with van der Waals surface area (Å²) in [6.45, 7) is 1.77. The molecular weight excluding hydrogens is 1210 g/mol. The predicted molar refractivity (Wildman–Crippen MR) is 374 cm³/mol.